The number of likely N-dealkylation sites (tertiary alicyclic amines) is 1. The molecule has 114 valence electrons. The molecule has 1 aromatic heterocycles. The van der Waals surface area contributed by atoms with E-state index in [1.807, 2.05) is 0 Å². The number of primary amides is 1. The number of rotatable bonds is 3. The van der Waals surface area contributed by atoms with Crippen LogP contribution in [0.1, 0.15) is 16.9 Å². The molecule has 3 N–H and O–H groups in total. The molecule has 6 nitrogen and oxygen atoms in total. The molecule has 1 aliphatic rings. The molecular formula is C15H15FN4O2. The molecule has 0 aliphatic carbocycles. The van der Waals surface area contributed by atoms with Gasteiger partial charge in [-0.05, 0) is 36.8 Å². The summed E-state index contributed by atoms with van der Waals surface area (Å²) in [6.07, 6.45) is 0.583. The Hall–Kier alpha value is -2.70. The van der Waals surface area contributed by atoms with E-state index in [4.69, 9.17) is 5.73 Å². The summed E-state index contributed by atoms with van der Waals surface area (Å²) in [5, 5.41) is 6.76. The molecule has 7 heteroatoms. The molecule has 0 bridgehead atoms. The minimum atomic E-state index is -0.382. The molecule has 1 unspecified atom stereocenters. The Morgan fingerprint density at radius 1 is 1.32 bits per heavy atom. The third kappa shape index (κ3) is 2.69. The Bertz CT molecular complexity index is 711. The van der Waals surface area contributed by atoms with Gasteiger partial charge in [0.05, 0.1) is 11.6 Å². The minimum Gasteiger partial charge on any atom is -0.369 e. The largest absolute Gasteiger partial charge is 0.369 e. The first-order valence-corrected chi connectivity index (χ1v) is 6.94. The van der Waals surface area contributed by atoms with Crippen LogP contribution in [0.15, 0.2) is 30.3 Å². The first-order valence-electron chi connectivity index (χ1n) is 6.94. The number of nitrogens with zero attached hydrogens (tertiary/aromatic N) is 2. The van der Waals surface area contributed by atoms with Crippen LogP contribution in [0.5, 0.6) is 0 Å². The Labute approximate surface area is 126 Å². The van der Waals surface area contributed by atoms with E-state index in [0.717, 1.165) is 0 Å². The summed E-state index contributed by atoms with van der Waals surface area (Å²) < 4.78 is 12.9. The second-order valence-electron chi connectivity index (χ2n) is 5.31. The molecule has 22 heavy (non-hydrogen) atoms. The summed E-state index contributed by atoms with van der Waals surface area (Å²) in [5.74, 6) is -1.22. The van der Waals surface area contributed by atoms with Gasteiger partial charge in [-0.25, -0.2) is 4.39 Å². The maximum absolute atomic E-state index is 12.9. The molecule has 2 aromatic rings. The Morgan fingerprint density at radius 2 is 2.05 bits per heavy atom. The fourth-order valence-electron chi connectivity index (χ4n) is 2.55. The van der Waals surface area contributed by atoms with Gasteiger partial charge >= 0.3 is 0 Å². The summed E-state index contributed by atoms with van der Waals surface area (Å²) in [7, 11) is 0. The monoisotopic (exact) mass is 302 g/mol. The predicted molar refractivity (Wildman–Crippen MR) is 77.2 cm³/mol. The van der Waals surface area contributed by atoms with E-state index in [9.17, 15) is 14.0 Å². The number of hydrogen-bond acceptors (Lipinski definition) is 3. The predicted octanol–water partition coefficient (Wildman–Crippen LogP) is 1.16. The summed E-state index contributed by atoms with van der Waals surface area (Å²) >= 11 is 0. The molecule has 1 aliphatic heterocycles. The summed E-state index contributed by atoms with van der Waals surface area (Å²) in [6.45, 7) is 0.830. The highest BCUT2D eigenvalue weighted by Gasteiger charge is 2.30. The Balaban J connectivity index is 1.75. The SMILES string of the molecule is NC(=O)C1CCN(C(=O)c2cc(-c3ccc(F)cc3)n[nH]2)C1. The first-order chi connectivity index (χ1) is 10.5. The number of nitrogens with one attached hydrogen (secondary N) is 1. The van der Waals surface area contributed by atoms with Crippen molar-refractivity contribution in [3.63, 3.8) is 0 Å². The van der Waals surface area contributed by atoms with Gasteiger partial charge in [0.2, 0.25) is 5.91 Å². The van der Waals surface area contributed by atoms with Crippen molar-refractivity contribution in [1.29, 1.82) is 0 Å². The highest BCUT2D eigenvalue weighted by Crippen LogP contribution is 2.21. The van der Waals surface area contributed by atoms with Crippen LogP contribution < -0.4 is 5.73 Å². The van der Waals surface area contributed by atoms with Crippen molar-refractivity contribution in [3.05, 3.63) is 41.8 Å². The lowest BCUT2D eigenvalue weighted by Gasteiger charge is -2.14. The Kier molecular flexibility index (Phi) is 3.62. The maximum atomic E-state index is 12.9. The lowest BCUT2D eigenvalue weighted by Crippen LogP contribution is -2.31. The van der Waals surface area contributed by atoms with Crippen molar-refractivity contribution in [2.24, 2.45) is 11.7 Å². The number of hydrogen-bond donors (Lipinski definition) is 2. The van der Waals surface area contributed by atoms with E-state index in [0.29, 0.717) is 36.5 Å². The van der Waals surface area contributed by atoms with Gasteiger partial charge in [0.25, 0.3) is 5.91 Å². The maximum Gasteiger partial charge on any atom is 0.271 e. The number of nitrogens with two attached hydrogens (primary N) is 1. The van der Waals surface area contributed by atoms with Crippen molar-refractivity contribution in [2.45, 2.75) is 6.42 Å². The highest BCUT2D eigenvalue weighted by molar-refractivity contribution is 5.94. The third-order valence-corrected chi connectivity index (χ3v) is 3.83. The van der Waals surface area contributed by atoms with Crippen LogP contribution in [0.3, 0.4) is 0 Å². The number of benzene rings is 1. The van der Waals surface area contributed by atoms with Gasteiger partial charge in [-0.2, -0.15) is 5.10 Å². The molecule has 0 radical (unpaired) electrons. The van der Waals surface area contributed by atoms with Gasteiger partial charge in [-0.3, -0.25) is 14.7 Å². The fourth-order valence-corrected chi connectivity index (χ4v) is 2.55. The topological polar surface area (TPSA) is 92.1 Å². The van der Waals surface area contributed by atoms with Crippen molar-refractivity contribution < 1.29 is 14.0 Å². The van der Waals surface area contributed by atoms with Crippen LogP contribution in [0.25, 0.3) is 11.3 Å². The number of carbonyl (C=O) groups is 2. The molecule has 0 spiro atoms. The van der Waals surface area contributed by atoms with Gasteiger partial charge in [0.15, 0.2) is 0 Å². The van der Waals surface area contributed by atoms with E-state index in [-0.39, 0.29) is 23.5 Å². The van der Waals surface area contributed by atoms with Crippen molar-refractivity contribution in [2.75, 3.05) is 13.1 Å². The molecule has 3 rings (SSSR count). The second kappa shape index (κ2) is 5.59. The lowest BCUT2D eigenvalue weighted by atomic mass is 10.1. The summed E-state index contributed by atoms with van der Waals surface area (Å²) in [5.41, 5.74) is 6.88. The number of H-pyrrole nitrogens is 1. The van der Waals surface area contributed by atoms with E-state index in [1.54, 1.807) is 23.1 Å². The Morgan fingerprint density at radius 3 is 2.68 bits per heavy atom. The third-order valence-electron chi connectivity index (χ3n) is 3.83. The molecule has 0 saturated carbocycles. The smallest absolute Gasteiger partial charge is 0.271 e. The average molecular weight is 302 g/mol. The average Bonchev–Trinajstić information content (AvgIpc) is 3.17. The highest BCUT2D eigenvalue weighted by atomic mass is 19.1. The van der Waals surface area contributed by atoms with Crippen LogP contribution >= 0.6 is 0 Å². The minimum absolute atomic E-state index is 0.218. The van der Waals surface area contributed by atoms with Gasteiger partial charge in [-0.1, -0.05) is 0 Å². The molecule has 2 amide bonds. The fraction of sp³-hybridized carbons (Fsp3) is 0.267. The van der Waals surface area contributed by atoms with Crippen molar-refractivity contribution in [1.82, 2.24) is 15.1 Å². The van der Waals surface area contributed by atoms with Gasteiger partial charge < -0.3 is 10.6 Å². The molecule has 2 heterocycles. The van der Waals surface area contributed by atoms with Gasteiger partial charge in [0.1, 0.15) is 11.5 Å². The number of carbonyl (C=O) groups excluding carboxylic acids is 2. The standard InChI is InChI=1S/C15H15FN4O2/c16-11-3-1-9(2-4-11)12-7-13(19-18-12)15(22)20-6-5-10(8-20)14(17)21/h1-4,7,10H,5-6,8H2,(H2,17,21)(H,18,19). The zero-order chi connectivity index (χ0) is 15.7. The first kappa shape index (κ1) is 14.2. The van der Waals surface area contributed by atoms with Gasteiger partial charge in [-0.15, -0.1) is 0 Å². The summed E-state index contributed by atoms with van der Waals surface area (Å²) in [6, 6.07) is 7.48. The summed E-state index contributed by atoms with van der Waals surface area (Å²) in [4.78, 5) is 25.1. The number of amides is 2. The van der Waals surface area contributed by atoms with Gasteiger partial charge in [0, 0.05) is 18.7 Å². The zero-order valence-electron chi connectivity index (χ0n) is 11.8. The van der Waals surface area contributed by atoms with E-state index in [1.165, 1.54) is 12.1 Å². The number of aromatic nitrogens is 2. The molecule has 1 fully saturated rings. The van der Waals surface area contributed by atoms with Crippen molar-refractivity contribution in [3.8, 4) is 11.3 Å². The lowest BCUT2D eigenvalue weighted by molar-refractivity contribution is -0.121. The van der Waals surface area contributed by atoms with Crippen LogP contribution in [0.4, 0.5) is 4.39 Å². The normalized spacial score (nSPS) is 17.7. The molecule has 1 aromatic carbocycles. The number of aromatic amines is 1. The van der Waals surface area contributed by atoms with E-state index < -0.39 is 0 Å². The van der Waals surface area contributed by atoms with E-state index in [2.05, 4.69) is 10.2 Å². The van der Waals surface area contributed by atoms with Crippen LogP contribution in [-0.2, 0) is 4.79 Å². The quantitative estimate of drug-likeness (QED) is 0.891. The zero-order valence-corrected chi connectivity index (χ0v) is 11.8. The van der Waals surface area contributed by atoms with Crippen LogP contribution in [-0.4, -0.2) is 40.0 Å². The molecule has 1 atom stereocenters. The van der Waals surface area contributed by atoms with Crippen molar-refractivity contribution >= 4 is 11.8 Å². The molecular weight excluding hydrogens is 287 g/mol. The molecule has 1 saturated heterocycles. The van der Waals surface area contributed by atoms with Crippen LogP contribution in [0, 0.1) is 11.7 Å². The van der Waals surface area contributed by atoms with Crippen LogP contribution in [0.2, 0.25) is 0 Å². The number of halogens is 1. The van der Waals surface area contributed by atoms with E-state index >= 15 is 0 Å². The second-order valence-corrected chi connectivity index (χ2v) is 5.31.